The van der Waals surface area contributed by atoms with Gasteiger partial charge in [-0.05, 0) is 19.1 Å². The highest BCUT2D eigenvalue weighted by Gasteiger charge is 2.16. The predicted octanol–water partition coefficient (Wildman–Crippen LogP) is 3.81. The van der Waals surface area contributed by atoms with Crippen molar-refractivity contribution >= 4 is 11.6 Å². The quantitative estimate of drug-likeness (QED) is 0.912. The number of benzene rings is 1. The topological polar surface area (TPSA) is 39.1 Å². The molecule has 0 aliphatic rings. The molecule has 21 heavy (non-hydrogen) atoms. The molecule has 2 aromatic rings. The molecule has 0 spiro atoms. The summed E-state index contributed by atoms with van der Waals surface area (Å²) in [4.78, 5) is 0. The van der Waals surface area contributed by atoms with Crippen LogP contribution >= 0.6 is 11.6 Å². The first-order chi connectivity index (χ1) is 9.88. The monoisotopic (exact) mass is 311 g/mol. The van der Waals surface area contributed by atoms with E-state index < -0.39 is 5.82 Å². The van der Waals surface area contributed by atoms with E-state index in [2.05, 4.69) is 24.3 Å². The van der Waals surface area contributed by atoms with E-state index in [0.717, 1.165) is 11.3 Å². The smallest absolute Gasteiger partial charge is 0.222 e. The normalized spacial score (nSPS) is 11.2. The number of aromatic nitrogens is 2. The molecule has 0 unspecified atom stereocenters. The number of nitrogens with zero attached hydrogens (tertiary/aromatic N) is 2. The Morgan fingerprint density at radius 3 is 2.76 bits per heavy atom. The minimum Gasteiger partial charge on any atom is -0.439 e. The average molecular weight is 312 g/mol. The highest BCUT2D eigenvalue weighted by atomic mass is 35.5. The van der Waals surface area contributed by atoms with Crippen molar-refractivity contribution < 1.29 is 9.13 Å². The van der Waals surface area contributed by atoms with Crippen LogP contribution in [0.1, 0.15) is 25.1 Å². The van der Waals surface area contributed by atoms with Gasteiger partial charge in [0, 0.05) is 25.7 Å². The lowest BCUT2D eigenvalue weighted by Crippen LogP contribution is -2.22. The maximum atomic E-state index is 13.5. The van der Waals surface area contributed by atoms with E-state index >= 15 is 0 Å². The van der Waals surface area contributed by atoms with Gasteiger partial charge in [-0.2, -0.15) is 5.10 Å². The zero-order valence-electron chi connectivity index (χ0n) is 12.6. The zero-order valence-corrected chi connectivity index (χ0v) is 13.3. The summed E-state index contributed by atoms with van der Waals surface area (Å²) in [6.07, 6.45) is 0. The highest BCUT2D eigenvalue weighted by Crippen LogP contribution is 2.29. The Hall–Kier alpha value is -1.59. The number of ether oxygens (including phenoxy) is 1. The third-order valence-corrected chi connectivity index (χ3v) is 3.39. The van der Waals surface area contributed by atoms with Gasteiger partial charge in [-0.1, -0.05) is 25.4 Å². The molecule has 1 heterocycles. The van der Waals surface area contributed by atoms with Gasteiger partial charge >= 0.3 is 0 Å². The maximum Gasteiger partial charge on any atom is 0.222 e. The minimum atomic E-state index is -0.505. The van der Waals surface area contributed by atoms with Crippen molar-refractivity contribution in [2.24, 2.45) is 7.05 Å². The van der Waals surface area contributed by atoms with Crippen LogP contribution in [0.2, 0.25) is 5.02 Å². The van der Waals surface area contributed by atoms with Crippen LogP contribution in [-0.2, 0) is 13.6 Å². The van der Waals surface area contributed by atoms with Crippen LogP contribution in [0.25, 0.3) is 0 Å². The van der Waals surface area contributed by atoms with Crippen molar-refractivity contribution in [2.45, 2.75) is 33.4 Å². The highest BCUT2D eigenvalue weighted by molar-refractivity contribution is 6.30. The molecule has 1 aromatic carbocycles. The minimum absolute atomic E-state index is 0.0743. The molecule has 4 nitrogen and oxygen atoms in total. The van der Waals surface area contributed by atoms with Gasteiger partial charge in [0.2, 0.25) is 5.88 Å². The number of hydrogen-bond donors (Lipinski definition) is 1. The summed E-state index contributed by atoms with van der Waals surface area (Å²) < 4.78 is 20.9. The van der Waals surface area contributed by atoms with Gasteiger partial charge in [0.05, 0.1) is 16.3 Å². The Kier molecular flexibility index (Phi) is 4.85. The molecular weight excluding hydrogens is 293 g/mol. The summed E-state index contributed by atoms with van der Waals surface area (Å²) in [6.45, 7) is 6.71. The van der Waals surface area contributed by atoms with Crippen molar-refractivity contribution in [2.75, 3.05) is 0 Å². The third kappa shape index (κ3) is 3.74. The molecular formula is C15H19ClFN3O. The van der Waals surface area contributed by atoms with Gasteiger partial charge in [-0.3, -0.25) is 0 Å². The number of halogens is 2. The second-order valence-corrected chi connectivity index (χ2v) is 5.61. The molecule has 0 amide bonds. The molecule has 0 saturated carbocycles. The van der Waals surface area contributed by atoms with Gasteiger partial charge < -0.3 is 10.1 Å². The van der Waals surface area contributed by atoms with Crippen molar-refractivity contribution in [1.82, 2.24) is 15.1 Å². The fourth-order valence-electron chi connectivity index (χ4n) is 1.97. The zero-order chi connectivity index (χ0) is 15.6. The molecule has 1 N–H and O–H groups in total. The van der Waals surface area contributed by atoms with Crippen molar-refractivity contribution in [3.63, 3.8) is 0 Å². The van der Waals surface area contributed by atoms with Gasteiger partial charge in [0.15, 0.2) is 0 Å². The van der Waals surface area contributed by atoms with E-state index in [-0.39, 0.29) is 5.02 Å². The van der Waals surface area contributed by atoms with E-state index in [9.17, 15) is 4.39 Å². The van der Waals surface area contributed by atoms with E-state index in [4.69, 9.17) is 16.3 Å². The Bertz CT molecular complexity index is 640. The van der Waals surface area contributed by atoms with Crippen molar-refractivity contribution in [3.8, 4) is 11.6 Å². The van der Waals surface area contributed by atoms with Gasteiger partial charge in [-0.25, -0.2) is 9.07 Å². The fraction of sp³-hybridized carbons (Fsp3) is 0.400. The van der Waals surface area contributed by atoms with Gasteiger partial charge in [0.1, 0.15) is 11.6 Å². The average Bonchev–Trinajstić information content (AvgIpc) is 2.66. The lowest BCUT2D eigenvalue weighted by Gasteiger charge is -2.11. The third-order valence-electron chi connectivity index (χ3n) is 3.08. The maximum absolute atomic E-state index is 13.5. The van der Waals surface area contributed by atoms with Crippen LogP contribution in [-0.4, -0.2) is 15.8 Å². The first-order valence-corrected chi connectivity index (χ1v) is 7.15. The Labute approximate surface area is 128 Å². The summed E-state index contributed by atoms with van der Waals surface area (Å²) in [6, 6.07) is 4.73. The summed E-state index contributed by atoms with van der Waals surface area (Å²) in [5, 5.41) is 7.77. The molecule has 0 saturated heterocycles. The molecule has 1 aromatic heterocycles. The molecule has 0 atom stereocenters. The Morgan fingerprint density at radius 2 is 2.14 bits per heavy atom. The predicted molar refractivity (Wildman–Crippen MR) is 81.4 cm³/mol. The molecule has 114 valence electrons. The Morgan fingerprint density at radius 1 is 1.43 bits per heavy atom. The molecule has 2 rings (SSSR count). The first-order valence-electron chi connectivity index (χ1n) is 6.77. The number of nitrogens with one attached hydrogen (secondary N) is 1. The molecule has 0 bridgehead atoms. The second-order valence-electron chi connectivity index (χ2n) is 5.21. The molecule has 0 radical (unpaired) electrons. The van der Waals surface area contributed by atoms with Crippen LogP contribution in [0.5, 0.6) is 11.6 Å². The lowest BCUT2D eigenvalue weighted by molar-refractivity contribution is 0.419. The van der Waals surface area contributed by atoms with E-state index in [1.54, 1.807) is 17.8 Å². The van der Waals surface area contributed by atoms with Crippen molar-refractivity contribution in [3.05, 3.63) is 40.3 Å². The Balaban J connectivity index is 2.28. The number of hydrogen-bond acceptors (Lipinski definition) is 3. The largest absolute Gasteiger partial charge is 0.439 e. The second kappa shape index (κ2) is 6.45. The van der Waals surface area contributed by atoms with E-state index in [1.165, 1.54) is 12.1 Å². The van der Waals surface area contributed by atoms with Gasteiger partial charge in [-0.15, -0.1) is 0 Å². The summed E-state index contributed by atoms with van der Waals surface area (Å²) in [5.41, 5.74) is 1.84. The van der Waals surface area contributed by atoms with E-state index in [1.807, 2.05) is 6.92 Å². The number of aryl methyl sites for hydroxylation is 2. The SMILES string of the molecule is Cc1nn(C)c(Oc2ccc(Cl)c(F)c2)c1CNC(C)C. The molecule has 0 aliphatic heterocycles. The van der Waals surface area contributed by atoms with Crippen LogP contribution in [0, 0.1) is 12.7 Å². The molecule has 0 aliphatic carbocycles. The summed E-state index contributed by atoms with van der Waals surface area (Å²) in [5.74, 6) is 0.489. The standard InChI is InChI=1S/C15H19ClFN3O/c1-9(2)18-8-12-10(3)19-20(4)15(12)21-11-5-6-13(16)14(17)7-11/h5-7,9,18H,8H2,1-4H3. The summed E-state index contributed by atoms with van der Waals surface area (Å²) in [7, 11) is 1.80. The molecule has 0 fully saturated rings. The first kappa shape index (κ1) is 15.8. The fourth-order valence-corrected chi connectivity index (χ4v) is 2.09. The molecule has 6 heteroatoms. The lowest BCUT2D eigenvalue weighted by atomic mass is 10.2. The van der Waals surface area contributed by atoms with Gasteiger partial charge in [0.25, 0.3) is 0 Å². The van der Waals surface area contributed by atoms with Crippen LogP contribution in [0.15, 0.2) is 18.2 Å². The van der Waals surface area contributed by atoms with Crippen LogP contribution in [0.4, 0.5) is 4.39 Å². The van der Waals surface area contributed by atoms with Crippen molar-refractivity contribution in [1.29, 1.82) is 0 Å². The van der Waals surface area contributed by atoms with Crippen LogP contribution < -0.4 is 10.1 Å². The van der Waals surface area contributed by atoms with E-state index in [0.29, 0.717) is 24.2 Å². The summed E-state index contributed by atoms with van der Waals surface area (Å²) >= 11 is 5.68. The van der Waals surface area contributed by atoms with Crippen LogP contribution in [0.3, 0.4) is 0 Å². The number of rotatable bonds is 5.